The van der Waals surface area contributed by atoms with Crippen LogP contribution in [0.15, 0.2) is 24.3 Å². The third-order valence-electron chi connectivity index (χ3n) is 13.6. The summed E-state index contributed by atoms with van der Waals surface area (Å²) in [6.07, 6.45) is 3.69. The number of aliphatic hydroxyl groups excluding tert-OH is 3. The summed E-state index contributed by atoms with van der Waals surface area (Å²) in [5.74, 6) is -1.32. The van der Waals surface area contributed by atoms with Crippen molar-refractivity contribution in [3.8, 4) is 0 Å². The fourth-order valence-electron chi connectivity index (χ4n) is 10.7. The van der Waals surface area contributed by atoms with Gasteiger partial charge in [0.2, 0.25) is 0 Å². The van der Waals surface area contributed by atoms with E-state index >= 15 is 0 Å². The summed E-state index contributed by atoms with van der Waals surface area (Å²) in [6, 6.07) is 0. The van der Waals surface area contributed by atoms with Gasteiger partial charge >= 0.3 is 11.9 Å². The largest absolute Gasteiger partial charge is 0.481 e. The molecule has 48 heavy (non-hydrogen) atoms. The van der Waals surface area contributed by atoms with Crippen LogP contribution < -0.4 is 0 Å². The average molecular weight is 679 g/mol. The summed E-state index contributed by atoms with van der Waals surface area (Å²) in [6.45, 7) is 20.3. The third kappa shape index (κ3) is 7.04. The van der Waals surface area contributed by atoms with Crippen LogP contribution in [0.2, 0.25) is 0 Å². The Morgan fingerprint density at radius 3 is 2.25 bits per heavy atom. The molecule has 4 aliphatic rings. The Bertz CT molecular complexity index is 1230. The molecule has 10 heteroatoms. The Kier molecular flexibility index (Phi) is 11.4. The van der Waals surface area contributed by atoms with Crippen molar-refractivity contribution in [2.24, 2.45) is 39.9 Å². The number of carbonyl (C=O) groups excluding carboxylic acids is 1. The van der Waals surface area contributed by atoms with Crippen molar-refractivity contribution in [2.75, 3.05) is 13.7 Å². The quantitative estimate of drug-likeness (QED) is 0.147. The maximum atomic E-state index is 12.3. The van der Waals surface area contributed by atoms with Crippen LogP contribution in [0, 0.1) is 39.9 Å². The van der Waals surface area contributed by atoms with E-state index in [4.69, 9.17) is 18.9 Å². The molecular weight excluding hydrogens is 616 g/mol. The van der Waals surface area contributed by atoms with Gasteiger partial charge in [0.1, 0.15) is 24.9 Å². The molecule has 4 rings (SSSR count). The number of rotatable bonds is 13. The van der Waals surface area contributed by atoms with Crippen LogP contribution in [-0.4, -0.2) is 88.0 Å². The molecule has 1 saturated heterocycles. The lowest BCUT2D eigenvalue weighted by Gasteiger charge is -2.67. The van der Waals surface area contributed by atoms with Crippen LogP contribution in [0.25, 0.3) is 0 Å². The molecule has 0 aromatic carbocycles. The molecule has 10 nitrogen and oxygen atoms in total. The summed E-state index contributed by atoms with van der Waals surface area (Å²) < 4.78 is 23.5. The van der Waals surface area contributed by atoms with Crippen LogP contribution >= 0.6 is 0 Å². The van der Waals surface area contributed by atoms with E-state index in [0.29, 0.717) is 19.3 Å². The molecule has 0 radical (unpaired) electrons. The second kappa shape index (κ2) is 14.1. The zero-order valence-corrected chi connectivity index (χ0v) is 30.7. The fraction of sp³-hybridized carbons (Fsp3) is 0.842. The van der Waals surface area contributed by atoms with E-state index in [0.717, 1.165) is 31.3 Å². The van der Waals surface area contributed by atoms with Gasteiger partial charge in [-0.15, -0.1) is 0 Å². The highest BCUT2D eigenvalue weighted by Gasteiger charge is 2.70. The summed E-state index contributed by atoms with van der Waals surface area (Å²) in [7, 11) is 1.65. The third-order valence-corrected chi connectivity index (χ3v) is 13.6. The minimum absolute atomic E-state index is 0.0792. The van der Waals surface area contributed by atoms with Gasteiger partial charge in [0, 0.05) is 20.5 Å². The molecule has 6 unspecified atom stereocenters. The second-order valence-electron chi connectivity index (χ2n) is 16.9. The lowest BCUT2D eigenvalue weighted by molar-refractivity contribution is -0.258. The van der Waals surface area contributed by atoms with Crippen LogP contribution in [0.1, 0.15) is 107 Å². The van der Waals surface area contributed by atoms with Gasteiger partial charge in [-0.05, 0) is 113 Å². The van der Waals surface area contributed by atoms with Gasteiger partial charge in [-0.25, -0.2) is 0 Å². The number of hydrogen-bond donors (Lipinski definition) is 4. The molecular formula is C38H62O10. The first-order valence-electron chi connectivity index (χ1n) is 17.8. The van der Waals surface area contributed by atoms with E-state index in [-0.39, 0.29) is 52.9 Å². The molecule has 0 spiro atoms. The summed E-state index contributed by atoms with van der Waals surface area (Å²) in [4.78, 5) is 23.3. The molecule has 0 aromatic rings. The molecule has 274 valence electrons. The van der Waals surface area contributed by atoms with Crippen LogP contribution in [-0.2, 0) is 28.5 Å². The van der Waals surface area contributed by atoms with Crippen molar-refractivity contribution in [3.63, 3.8) is 0 Å². The van der Waals surface area contributed by atoms with E-state index in [1.165, 1.54) is 6.92 Å². The number of carboxylic acids is 1. The smallest absolute Gasteiger partial charge is 0.303 e. The number of methoxy groups -OCH3 is 1. The van der Waals surface area contributed by atoms with Crippen molar-refractivity contribution in [2.45, 2.75) is 149 Å². The molecule has 3 saturated carbocycles. The number of aliphatic hydroxyl groups is 3. The number of fused-ring (bicyclic) bond motifs is 3. The highest BCUT2D eigenvalue weighted by Crippen LogP contribution is 2.74. The topological polar surface area (TPSA) is 152 Å². The predicted molar refractivity (Wildman–Crippen MR) is 181 cm³/mol. The van der Waals surface area contributed by atoms with E-state index in [1.54, 1.807) is 7.11 Å². The van der Waals surface area contributed by atoms with Crippen LogP contribution in [0.5, 0.6) is 0 Å². The Labute approximate surface area is 287 Å². The first kappa shape index (κ1) is 39.0. The number of carbonyl (C=O) groups is 2. The Balaban J connectivity index is 1.71. The van der Waals surface area contributed by atoms with E-state index in [1.807, 2.05) is 32.9 Å². The highest BCUT2D eigenvalue weighted by atomic mass is 16.7. The normalized spacial score (nSPS) is 42.6. The van der Waals surface area contributed by atoms with Gasteiger partial charge < -0.3 is 39.4 Å². The van der Waals surface area contributed by atoms with E-state index in [9.17, 15) is 30.0 Å². The van der Waals surface area contributed by atoms with Crippen molar-refractivity contribution in [1.29, 1.82) is 0 Å². The number of aliphatic carboxylic acids is 1. The van der Waals surface area contributed by atoms with Gasteiger partial charge in [0.15, 0.2) is 6.29 Å². The highest BCUT2D eigenvalue weighted by molar-refractivity contribution is 5.66. The van der Waals surface area contributed by atoms with Gasteiger partial charge in [0.05, 0.1) is 17.3 Å². The second-order valence-corrected chi connectivity index (χ2v) is 16.9. The zero-order chi connectivity index (χ0) is 36.0. The van der Waals surface area contributed by atoms with Crippen molar-refractivity contribution in [1.82, 2.24) is 0 Å². The summed E-state index contributed by atoms with van der Waals surface area (Å²) in [5, 5.41) is 43.8. The zero-order valence-electron chi connectivity index (χ0n) is 30.7. The Morgan fingerprint density at radius 1 is 1.02 bits per heavy atom. The average Bonchev–Trinajstić information content (AvgIpc) is 3.50. The van der Waals surface area contributed by atoms with Crippen molar-refractivity contribution < 1.29 is 49.0 Å². The molecule has 3 aliphatic carbocycles. The molecule has 0 bridgehead atoms. The number of hydrogen-bond acceptors (Lipinski definition) is 9. The van der Waals surface area contributed by atoms with E-state index in [2.05, 4.69) is 34.3 Å². The number of allylic oxidation sites excluding steroid dienone is 1. The Morgan fingerprint density at radius 2 is 1.67 bits per heavy atom. The van der Waals surface area contributed by atoms with Gasteiger partial charge in [-0.1, -0.05) is 45.1 Å². The predicted octanol–water partition coefficient (Wildman–Crippen LogP) is 5.42. The molecule has 13 atom stereocenters. The summed E-state index contributed by atoms with van der Waals surface area (Å²) in [5.41, 5.74) is -1.14. The minimum atomic E-state index is -1.36. The molecule has 0 aromatic heterocycles. The standard InChI is InChI=1S/C38H62O10/c1-22(2)24-12-18-36(7)28(35(24,6)17-14-29(41)42)20-26(40)30-25(13-19-37(30,36)8)38(9,16-11-15-34(4,5)45-10)48-33-32(44)31(43)27(47-33)21-46-23(3)39/h11,15,24-28,30-33,40,43-44H,1,12-14,16-21H2,2-10H3,(H,41,42)/b15-11+/t24-,25-,26?,27?,28?,30-,31?,32?,33?,35-,36+,37+,38-/m0/s1. The van der Waals surface area contributed by atoms with Gasteiger partial charge in [-0.2, -0.15) is 0 Å². The molecule has 4 N–H and O–H groups in total. The molecule has 1 heterocycles. The Hall–Kier alpha value is -1.82. The lowest BCUT2D eigenvalue weighted by Crippen LogP contribution is -2.64. The number of ether oxygens (including phenoxy) is 4. The maximum absolute atomic E-state index is 12.3. The molecule has 4 fully saturated rings. The van der Waals surface area contributed by atoms with E-state index < -0.39 is 53.8 Å². The fourth-order valence-corrected chi connectivity index (χ4v) is 10.7. The van der Waals surface area contributed by atoms with Crippen LogP contribution in [0.4, 0.5) is 0 Å². The molecule has 0 amide bonds. The number of esters is 1. The monoisotopic (exact) mass is 678 g/mol. The molecule has 1 aliphatic heterocycles. The van der Waals surface area contributed by atoms with Crippen molar-refractivity contribution in [3.05, 3.63) is 24.3 Å². The minimum Gasteiger partial charge on any atom is -0.481 e. The number of carboxylic acid groups (broad SMARTS) is 1. The first-order valence-corrected chi connectivity index (χ1v) is 17.8. The van der Waals surface area contributed by atoms with Crippen LogP contribution in [0.3, 0.4) is 0 Å². The van der Waals surface area contributed by atoms with Gasteiger partial charge in [-0.3, -0.25) is 9.59 Å². The van der Waals surface area contributed by atoms with Gasteiger partial charge in [0.25, 0.3) is 0 Å². The lowest BCUT2D eigenvalue weighted by atomic mass is 9.37. The first-order chi connectivity index (χ1) is 22.2. The van der Waals surface area contributed by atoms with Crippen molar-refractivity contribution >= 4 is 11.9 Å². The maximum Gasteiger partial charge on any atom is 0.303 e. The SMILES string of the molecule is C=C(C)[C@@H]1CC[C@]2(C)C(CC(O)[C@@H]3[C@@H]([C@](C)(C/C=C/C(C)(C)OC)OC4OC(COC(C)=O)C(O)C4O)CC[C@]32C)[C@@]1(C)CCC(=O)O. The summed E-state index contributed by atoms with van der Waals surface area (Å²) >= 11 is 0.